The minimum Gasteiger partial charge on any atom is -0.465 e. The normalized spacial score (nSPS) is 17.8. The number of imidazole rings is 2. The summed E-state index contributed by atoms with van der Waals surface area (Å²) in [6, 6.07) is 23.7. The van der Waals surface area contributed by atoms with Gasteiger partial charge >= 0.3 is 12.2 Å². The Hall–Kier alpha value is -5.91. The molecule has 4 N–H and O–H groups in total. The number of nitrogens with zero attached hydrogens (tertiary/aromatic N) is 4. The van der Waals surface area contributed by atoms with Crippen LogP contribution in [0.4, 0.5) is 9.59 Å². The Morgan fingerprint density at radius 1 is 0.769 bits per heavy atom. The molecule has 52 heavy (non-hydrogen) atoms. The maximum atomic E-state index is 13.7. The van der Waals surface area contributed by atoms with Crippen LogP contribution < -0.4 is 5.32 Å². The molecule has 2 aliphatic rings. The minimum absolute atomic E-state index is 0.113. The van der Waals surface area contributed by atoms with E-state index in [2.05, 4.69) is 74.9 Å². The molecule has 3 aromatic carbocycles. The van der Waals surface area contributed by atoms with Crippen molar-refractivity contribution in [3.05, 3.63) is 96.8 Å². The largest absolute Gasteiger partial charge is 0.465 e. The van der Waals surface area contributed by atoms with Crippen molar-refractivity contribution in [2.75, 3.05) is 20.2 Å². The van der Waals surface area contributed by atoms with E-state index in [9.17, 15) is 19.5 Å². The minimum atomic E-state index is -0.920. The first kappa shape index (κ1) is 34.5. The number of carbonyl (C=O) groups excluding carboxylic acids is 2. The molecule has 4 heterocycles. The standard InChI is InChI=1S/C40H43N7O5/c1-24(2)35(45-39(49)52-3)38(48)46-19-7-11-33(46)36-42-23-32(44-36)28-17-18-29(30(21-28)25-9-5-4-6-10-25)26-13-15-27(16-14-26)31-22-41-37(43-31)34-12-8-20-47(34)40(50)51/h4-6,9-10,13-18,21-24,33-35H,7-8,11-12,19-20H2,1-3H3,(H,41,43)(H,42,44)(H,45,49)(H,50,51)/t33-,34-,35-/m0/s1. The number of methoxy groups -OCH3 is 1. The molecule has 0 spiro atoms. The number of carboxylic acid groups (broad SMARTS) is 1. The number of hydrogen-bond donors (Lipinski definition) is 4. The van der Waals surface area contributed by atoms with Crippen molar-refractivity contribution in [3.8, 4) is 44.8 Å². The number of nitrogens with one attached hydrogen (secondary N) is 3. The summed E-state index contributed by atoms with van der Waals surface area (Å²) in [5.41, 5.74) is 7.87. The Balaban J connectivity index is 1.15. The molecule has 3 atom stereocenters. The summed E-state index contributed by atoms with van der Waals surface area (Å²) < 4.78 is 4.78. The van der Waals surface area contributed by atoms with Crippen molar-refractivity contribution in [1.82, 2.24) is 35.1 Å². The van der Waals surface area contributed by atoms with Crippen LogP contribution in [-0.4, -0.2) is 79.2 Å². The summed E-state index contributed by atoms with van der Waals surface area (Å²) >= 11 is 0. The fraction of sp³-hybridized carbons (Fsp3) is 0.325. The predicted octanol–water partition coefficient (Wildman–Crippen LogP) is 7.66. The lowest BCUT2D eigenvalue weighted by molar-refractivity contribution is -0.135. The van der Waals surface area contributed by atoms with Crippen LogP contribution in [0.15, 0.2) is 85.2 Å². The zero-order valence-corrected chi connectivity index (χ0v) is 29.5. The van der Waals surface area contributed by atoms with E-state index in [0.29, 0.717) is 24.7 Å². The van der Waals surface area contributed by atoms with E-state index < -0.39 is 18.2 Å². The second-order valence-electron chi connectivity index (χ2n) is 13.7. The van der Waals surface area contributed by atoms with Gasteiger partial charge in [-0.1, -0.05) is 80.6 Å². The first-order valence-corrected chi connectivity index (χ1v) is 17.8. The number of H-pyrrole nitrogens is 2. The van der Waals surface area contributed by atoms with E-state index in [-0.39, 0.29) is 23.9 Å². The smallest absolute Gasteiger partial charge is 0.407 e. The Bertz CT molecular complexity index is 2060. The molecule has 2 fully saturated rings. The quantitative estimate of drug-likeness (QED) is 0.123. The number of amides is 3. The van der Waals surface area contributed by atoms with Gasteiger partial charge in [0, 0.05) is 18.7 Å². The van der Waals surface area contributed by atoms with E-state index in [0.717, 1.165) is 70.5 Å². The molecule has 12 nitrogen and oxygen atoms in total. The molecule has 268 valence electrons. The molecule has 0 aliphatic carbocycles. The van der Waals surface area contributed by atoms with Crippen molar-refractivity contribution in [2.24, 2.45) is 5.92 Å². The van der Waals surface area contributed by atoms with Gasteiger partial charge in [0.15, 0.2) is 0 Å². The van der Waals surface area contributed by atoms with E-state index in [1.54, 1.807) is 6.20 Å². The highest BCUT2D eigenvalue weighted by atomic mass is 16.5. The lowest BCUT2D eigenvalue weighted by Crippen LogP contribution is -2.51. The second kappa shape index (κ2) is 14.7. The first-order chi connectivity index (χ1) is 25.2. The van der Waals surface area contributed by atoms with Crippen molar-refractivity contribution in [2.45, 2.75) is 57.7 Å². The fourth-order valence-electron chi connectivity index (χ4n) is 7.43. The van der Waals surface area contributed by atoms with Gasteiger partial charge in [-0.05, 0) is 65.5 Å². The second-order valence-corrected chi connectivity index (χ2v) is 13.7. The summed E-state index contributed by atoms with van der Waals surface area (Å²) in [6.07, 6.45) is 5.23. The molecule has 0 saturated carbocycles. The van der Waals surface area contributed by atoms with Crippen molar-refractivity contribution < 1.29 is 24.2 Å². The highest BCUT2D eigenvalue weighted by Gasteiger charge is 2.37. The molecule has 2 aromatic heterocycles. The van der Waals surface area contributed by atoms with Gasteiger partial charge in [0.2, 0.25) is 5.91 Å². The molecule has 2 aliphatic heterocycles. The average Bonchev–Trinajstić information content (AvgIpc) is 4.00. The first-order valence-electron chi connectivity index (χ1n) is 17.8. The Morgan fingerprint density at radius 2 is 1.33 bits per heavy atom. The maximum absolute atomic E-state index is 13.7. The van der Waals surface area contributed by atoms with Gasteiger partial charge in [-0.25, -0.2) is 19.6 Å². The lowest BCUT2D eigenvalue weighted by atomic mass is 9.91. The van der Waals surface area contributed by atoms with Crippen LogP contribution >= 0.6 is 0 Å². The highest BCUT2D eigenvalue weighted by Crippen LogP contribution is 2.38. The van der Waals surface area contributed by atoms with Gasteiger partial charge in [0.05, 0.1) is 43.0 Å². The van der Waals surface area contributed by atoms with Crippen molar-refractivity contribution in [3.63, 3.8) is 0 Å². The highest BCUT2D eigenvalue weighted by molar-refractivity contribution is 5.88. The molecule has 12 heteroatoms. The van der Waals surface area contributed by atoms with E-state index in [1.165, 1.54) is 12.0 Å². The molecule has 2 saturated heterocycles. The molecule has 0 unspecified atom stereocenters. The van der Waals surface area contributed by atoms with Crippen LogP contribution in [0.5, 0.6) is 0 Å². The number of likely N-dealkylation sites (tertiary alicyclic amines) is 2. The molecule has 3 amide bonds. The monoisotopic (exact) mass is 701 g/mol. The van der Waals surface area contributed by atoms with Crippen LogP contribution in [0.25, 0.3) is 44.8 Å². The van der Waals surface area contributed by atoms with Gasteiger partial charge in [0.25, 0.3) is 0 Å². The summed E-state index contributed by atoms with van der Waals surface area (Å²) in [5, 5.41) is 12.3. The number of aromatic nitrogens is 4. The van der Waals surface area contributed by atoms with Crippen LogP contribution in [-0.2, 0) is 9.53 Å². The van der Waals surface area contributed by atoms with Crippen molar-refractivity contribution >= 4 is 18.1 Å². The number of aromatic amines is 2. The van der Waals surface area contributed by atoms with Crippen LogP contribution in [0, 0.1) is 5.92 Å². The molecular weight excluding hydrogens is 658 g/mol. The number of benzene rings is 3. The molecule has 0 bridgehead atoms. The Morgan fingerprint density at radius 3 is 1.94 bits per heavy atom. The van der Waals surface area contributed by atoms with E-state index >= 15 is 0 Å². The molecular formula is C40H43N7O5. The van der Waals surface area contributed by atoms with Crippen LogP contribution in [0.3, 0.4) is 0 Å². The fourth-order valence-corrected chi connectivity index (χ4v) is 7.43. The molecule has 5 aromatic rings. The average molecular weight is 702 g/mol. The summed E-state index contributed by atoms with van der Waals surface area (Å²) in [7, 11) is 1.29. The van der Waals surface area contributed by atoms with Gasteiger partial charge < -0.3 is 30.0 Å². The summed E-state index contributed by atoms with van der Waals surface area (Å²) in [4.78, 5) is 56.8. The van der Waals surface area contributed by atoms with Gasteiger partial charge in [-0.3, -0.25) is 9.69 Å². The number of alkyl carbamates (subject to hydrolysis) is 1. The zero-order chi connectivity index (χ0) is 36.4. The zero-order valence-electron chi connectivity index (χ0n) is 29.5. The topological polar surface area (TPSA) is 157 Å². The third kappa shape index (κ3) is 6.88. The van der Waals surface area contributed by atoms with E-state index in [1.807, 2.05) is 43.1 Å². The van der Waals surface area contributed by atoms with Gasteiger partial charge in [0.1, 0.15) is 17.7 Å². The summed E-state index contributed by atoms with van der Waals surface area (Å²) in [5.74, 6) is 1.13. The van der Waals surface area contributed by atoms with Gasteiger partial charge in [-0.15, -0.1) is 0 Å². The molecule has 0 radical (unpaired) electrons. The Labute approximate surface area is 302 Å². The Kier molecular flexibility index (Phi) is 9.80. The van der Waals surface area contributed by atoms with Crippen molar-refractivity contribution in [1.29, 1.82) is 0 Å². The van der Waals surface area contributed by atoms with Crippen LogP contribution in [0.2, 0.25) is 0 Å². The van der Waals surface area contributed by atoms with Gasteiger partial charge in [-0.2, -0.15) is 0 Å². The third-order valence-corrected chi connectivity index (χ3v) is 10.2. The van der Waals surface area contributed by atoms with Crippen LogP contribution in [0.1, 0.15) is 63.3 Å². The number of hydrogen-bond acceptors (Lipinski definition) is 6. The lowest BCUT2D eigenvalue weighted by Gasteiger charge is -2.30. The number of ether oxygens (including phenoxy) is 1. The SMILES string of the molecule is COC(=O)N[C@H](C(=O)N1CCC[C@H]1c1ncc(-c2ccc(-c3ccc(-c4cnc([C@@H]5CCCN5C(=O)O)[nH]4)cc3)c(-c3ccccc3)c2)[nH]1)C(C)C. The van der Waals surface area contributed by atoms with E-state index in [4.69, 9.17) is 9.72 Å². The number of rotatable bonds is 9. The molecule has 7 rings (SSSR count). The third-order valence-electron chi connectivity index (χ3n) is 10.2. The number of carbonyl (C=O) groups is 3. The summed E-state index contributed by atoms with van der Waals surface area (Å²) in [6.45, 7) is 4.91. The predicted molar refractivity (Wildman–Crippen MR) is 197 cm³/mol. The maximum Gasteiger partial charge on any atom is 0.407 e.